The summed E-state index contributed by atoms with van der Waals surface area (Å²) in [4.78, 5) is 33.9. The molecule has 0 spiro atoms. The largest absolute Gasteiger partial charge is 0.448 e. The minimum Gasteiger partial charge on any atom is -0.448 e. The first kappa shape index (κ1) is 27.9. The molecule has 192 valence electrons. The van der Waals surface area contributed by atoms with E-state index < -0.39 is 17.7 Å². The first-order chi connectivity index (χ1) is 16.3. The third-order valence-corrected chi connectivity index (χ3v) is 6.44. The Morgan fingerprint density at radius 1 is 1.18 bits per heavy atom. The monoisotopic (exact) mass is 478 g/mol. The van der Waals surface area contributed by atoms with Gasteiger partial charge in [-0.25, -0.2) is 4.79 Å². The number of nitrogens with zero attached hydrogens (tertiary/aromatic N) is 4. The normalized spacial score (nSPS) is 22.5. The summed E-state index contributed by atoms with van der Waals surface area (Å²) in [6.07, 6.45) is 2.43. The Balaban J connectivity index is 2.21. The van der Waals surface area contributed by atoms with E-state index in [1.807, 2.05) is 18.7 Å². The summed E-state index contributed by atoms with van der Waals surface area (Å²) >= 11 is 0. The summed E-state index contributed by atoms with van der Waals surface area (Å²) in [5.74, 6) is 0.254. The second-order valence-electron chi connectivity index (χ2n) is 9.43. The van der Waals surface area contributed by atoms with Gasteiger partial charge >= 0.3 is 6.09 Å². The lowest BCUT2D eigenvalue weighted by atomic mass is 9.97. The molecule has 2 saturated heterocycles. The van der Waals surface area contributed by atoms with E-state index in [1.165, 1.54) is 0 Å². The lowest BCUT2D eigenvalue weighted by Gasteiger charge is -2.33. The highest BCUT2D eigenvalue weighted by Gasteiger charge is 2.42. The van der Waals surface area contributed by atoms with E-state index in [0.29, 0.717) is 57.7 Å². The number of carbonyl (C=O) groups excluding carboxylic acids is 2. The molecule has 10 nitrogen and oxygen atoms in total. The molecule has 2 unspecified atom stereocenters. The van der Waals surface area contributed by atoms with Crippen molar-refractivity contribution in [2.45, 2.75) is 77.9 Å². The SMILES string of the molecule is CCOC(=O)/N=C(\NC(CC(C)C)C(=O)NC1(C#N)CCN(C(CC)CC)C1)N1CCOCC1. The van der Waals surface area contributed by atoms with Crippen LogP contribution in [0, 0.1) is 17.2 Å². The molecular formula is C24H42N6O4. The topological polar surface area (TPSA) is 119 Å². The molecule has 2 rings (SSSR count). The van der Waals surface area contributed by atoms with E-state index in [0.717, 1.165) is 19.4 Å². The summed E-state index contributed by atoms with van der Waals surface area (Å²) in [5, 5.41) is 16.3. The van der Waals surface area contributed by atoms with Gasteiger partial charge in [-0.1, -0.05) is 27.7 Å². The van der Waals surface area contributed by atoms with Crippen LogP contribution in [0.3, 0.4) is 0 Å². The molecule has 0 aromatic rings. The average molecular weight is 479 g/mol. The van der Waals surface area contributed by atoms with E-state index in [4.69, 9.17) is 9.47 Å². The summed E-state index contributed by atoms with van der Waals surface area (Å²) < 4.78 is 10.4. The maximum atomic E-state index is 13.5. The van der Waals surface area contributed by atoms with Crippen LogP contribution in [-0.2, 0) is 14.3 Å². The Hall–Kier alpha value is -2.38. The zero-order valence-electron chi connectivity index (χ0n) is 21.4. The van der Waals surface area contributed by atoms with Crippen LogP contribution in [-0.4, -0.2) is 91.4 Å². The fourth-order valence-electron chi connectivity index (χ4n) is 4.57. The number of carbonyl (C=O) groups is 2. The number of nitrogens with one attached hydrogen (secondary N) is 2. The smallest absolute Gasteiger partial charge is 0.436 e. The Morgan fingerprint density at radius 2 is 1.85 bits per heavy atom. The molecule has 0 aliphatic carbocycles. The number of ether oxygens (including phenoxy) is 2. The number of amides is 2. The molecule has 2 aliphatic rings. The maximum Gasteiger partial charge on any atom is 0.436 e. The highest BCUT2D eigenvalue weighted by molar-refractivity contribution is 5.94. The Bertz CT molecular complexity index is 742. The molecule has 2 fully saturated rings. The van der Waals surface area contributed by atoms with Gasteiger partial charge in [0.2, 0.25) is 11.9 Å². The van der Waals surface area contributed by atoms with Crippen molar-refractivity contribution < 1.29 is 19.1 Å². The zero-order valence-corrected chi connectivity index (χ0v) is 21.4. The van der Waals surface area contributed by atoms with Gasteiger partial charge in [-0.2, -0.15) is 5.26 Å². The first-order valence-corrected chi connectivity index (χ1v) is 12.6. The minimum absolute atomic E-state index is 0.208. The molecule has 2 aliphatic heterocycles. The van der Waals surface area contributed by atoms with Gasteiger partial charge < -0.3 is 25.0 Å². The van der Waals surface area contributed by atoms with Crippen molar-refractivity contribution in [1.82, 2.24) is 20.4 Å². The number of hydrogen-bond donors (Lipinski definition) is 2. The Morgan fingerprint density at radius 3 is 2.41 bits per heavy atom. The average Bonchev–Trinajstić information content (AvgIpc) is 3.23. The minimum atomic E-state index is -0.923. The summed E-state index contributed by atoms with van der Waals surface area (Å²) in [6.45, 7) is 13.7. The third-order valence-electron chi connectivity index (χ3n) is 6.44. The van der Waals surface area contributed by atoms with E-state index in [-0.39, 0.29) is 18.4 Å². The molecule has 2 amide bonds. The molecule has 2 heterocycles. The fourth-order valence-corrected chi connectivity index (χ4v) is 4.57. The predicted molar refractivity (Wildman–Crippen MR) is 130 cm³/mol. The molecule has 2 atom stereocenters. The maximum absolute atomic E-state index is 13.5. The molecule has 10 heteroatoms. The van der Waals surface area contributed by atoms with Gasteiger partial charge in [0.1, 0.15) is 11.6 Å². The Labute approximate surface area is 204 Å². The number of aliphatic imine (C=N–C) groups is 1. The summed E-state index contributed by atoms with van der Waals surface area (Å²) in [5.41, 5.74) is -0.923. The molecule has 0 radical (unpaired) electrons. The van der Waals surface area contributed by atoms with Crippen LogP contribution < -0.4 is 10.6 Å². The van der Waals surface area contributed by atoms with Gasteiger partial charge in [0.15, 0.2) is 0 Å². The quantitative estimate of drug-likeness (QED) is 0.382. The van der Waals surface area contributed by atoms with Crippen molar-refractivity contribution >= 4 is 18.0 Å². The molecule has 0 saturated carbocycles. The van der Waals surface area contributed by atoms with Crippen LogP contribution in [0.15, 0.2) is 4.99 Å². The van der Waals surface area contributed by atoms with Crippen molar-refractivity contribution in [1.29, 1.82) is 5.26 Å². The van der Waals surface area contributed by atoms with Gasteiger partial charge in [-0.15, -0.1) is 4.99 Å². The predicted octanol–water partition coefficient (Wildman–Crippen LogP) is 2.11. The van der Waals surface area contributed by atoms with E-state index in [2.05, 4.69) is 40.4 Å². The van der Waals surface area contributed by atoms with Crippen LogP contribution >= 0.6 is 0 Å². The van der Waals surface area contributed by atoms with Crippen molar-refractivity contribution in [3.05, 3.63) is 0 Å². The summed E-state index contributed by atoms with van der Waals surface area (Å²) in [7, 11) is 0. The third kappa shape index (κ3) is 7.84. The molecular weight excluding hydrogens is 436 g/mol. The van der Waals surface area contributed by atoms with Gasteiger partial charge in [0.25, 0.3) is 0 Å². The zero-order chi connectivity index (χ0) is 25.1. The highest BCUT2D eigenvalue weighted by Crippen LogP contribution is 2.25. The number of guanidine groups is 1. The number of hydrogen-bond acceptors (Lipinski definition) is 6. The van der Waals surface area contributed by atoms with Crippen molar-refractivity contribution in [2.24, 2.45) is 10.9 Å². The van der Waals surface area contributed by atoms with Crippen molar-refractivity contribution in [3.63, 3.8) is 0 Å². The number of nitriles is 1. The van der Waals surface area contributed by atoms with Crippen LogP contribution in [0.25, 0.3) is 0 Å². The standard InChI is InChI=1S/C24H42N6O4/c1-6-19(7-2)30-10-9-24(16-25,17-30)28-21(31)20(15-18(4)5)26-22(27-23(32)34-8-3)29-11-13-33-14-12-29/h18-20H,6-15,17H2,1-5H3,(H,28,31)(H,26,27,32). The van der Waals surface area contributed by atoms with Crippen molar-refractivity contribution in [2.75, 3.05) is 46.0 Å². The Kier molecular flexibility index (Phi) is 11.1. The van der Waals surface area contributed by atoms with E-state index in [9.17, 15) is 14.9 Å². The molecule has 0 aromatic heterocycles. The van der Waals surface area contributed by atoms with Gasteiger partial charge in [-0.3, -0.25) is 9.69 Å². The van der Waals surface area contributed by atoms with Crippen LogP contribution in [0.1, 0.15) is 60.3 Å². The lowest BCUT2D eigenvalue weighted by molar-refractivity contribution is -0.124. The van der Waals surface area contributed by atoms with Crippen LogP contribution in [0.5, 0.6) is 0 Å². The number of rotatable bonds is 9. The van der Waals surface area contributed by atoms with Gasteiger partial charge in [0, 0.05) is 32.2 Å². The van der Waals surface area contributed by atoms with Crippen LogP contribution in [0.2, 0.25) is 0 Å². The molecule has 0 aromatic carbocycles. The fraction of sp³-hybridized carbons (Fsp3) is 0.833. The van der Waals surface area contributed by atoms with E-state index >= 15 is 0 Å². The van der Waals surface area contributed by atoms with Gasteiger partial charge in [-0.05, 0) is 38.5 Å². The molecule has 2 N–H and O–H groups in total. The molecule has 34 heavy (non-hydrogen) atoms. The lowest BCUT2D eigenvalue weighted by Crippen LogP contribution is -2.59. The highest BCUT2D eigenvalue weighted by atomic mass is 16.5. The van der Waals surface area contributed by atoms with Gasteiger partial charge in [0.05, 0.1) is 25.9 Å². The number of likely N-dealkylation sites (tertiary alicyclic amines) is 1. The second-order valence-corrected chi connectivity index (χ2v) is 9.43. The first-order valence-electron chi connectivity index (χ1n) is 12.6. The second kappa shape index (κ2) is 13.5. The summed E-state index contributed by atoms with van der Waals surface area (Å²) in [6, 6.07) is 2.14. The molecule has 0 bridgehead atoms. The van der Waals surface area contributed by atoms with Crippen molar-refractivity contribution in [3.8, 4) is 6.07 Å². The number of morpholine rings is 1. The van der Waals surface area contributed by atoms with E-state index in [1.54, 1.807) is 6.92 Å². The van der Waals surface area contributed by atoms with Crippen LogP contribution in [0.4, 0.5) is 4.79 Å².